The molecule has 0 unspecified atom stereocenters. The van der Waals surface area contributed by atoms with Gasteiger partial charge in [-0.1, -0.05) is 12.2 Å². The van der Waals surface area contributed by atoms with Crippen LogP contribution in [0, 0.1) is 0 Å². The normalized spacial score (nSPS) is 29.0. The zero-order chi connectivity index (χ0) is 19.3. The third kappa shape index (κ3) is 4.26. The number of methoxy groups -OCH3 is 2. The van der Waals surface area contributed by atoms with E-state index in [2.05, 4.69) is 0 Å². The highest BCUT2D eigenvalue weighted by molar-refractivity contribution is 5.62. The van der Waals surface area contributed by atoms with Crippen molar-refractivity contribution in [2.75, 3.05) is 27.4 Å². The summed E-state index contributed by atoms with van der Waals surface area (Å²) in [4.78, 5) is 0. The molecule has 146 valence electrons. The molecule has 9 heteroatoms. The Hall–Kier alpha value is -1.88. The van der Waals surface area contributed by atoms with Gasteiger partial charge in [0.25, 0.3) is 0 Å². The van der Waals surface area contributed by atoms with E-state index in [1.54, 1.807) is 18.2 Å². The van der Waals surface area contributed by atoms with Gasteiger partial charge >= 0.3 is 0 Å². The lowest BCUT2D eigenvalue weighted by Crippen LogP contribution is -2.60. The van der Waals surface area contributed by atoms with Crippen LogP contribution in [-0.2, 0) is 4.74 Å². The van der Waals surface area contributed by atoms with Crippen LogP contribution in [0.4, 0.5) is 0 Å². The predicted octanol–water partition coefficient (Wildman–Crippen LogP) is -1.11. The number of aliphatic hydroxyl groups is 5. The molecule has 1 heterocycles. The second-order valence-electron chi connectivity index (χ2n) is 5.65. The van der Waals surface area contributed by atoms with Crippen LogP contribution in [0.1, 0.15) is 5.56 Å². The lowest BCUT2D eigenvalue weighted by molar-refractivity contribution is -0.277. The lowest BCUT2D eigenvalue weighted by atomic mass is 9.99. The van der Waals surface area contributed by atoms with Crippen LogP contribution in [0.3, 0.4) is 0 Å². The molecular formula is C17H24O9. The van der Waals surface area contributed by atoms with Gasteiger partial charge in [-0.15, -0.1) is 0 Å². The average Bonchev–Trinajstić information content (AvgIpc) is 2.66. The van der Waals surface area contributed by atoms with Crippen LogP contribution < -0.4 is 14.2 Å². The average molecular weight is 372 g/mol. The molecule has 0 aromatic heterocycles. The SMILES string of the molecule is COc1cc(/C=C\CO)cc(OC)c1O[C@@H]1O[C@@H](CO)[C@@H](O)[C@@H](O)[C@H]1O. The van der Waals surface area contributed by atoms with Gasteiger partial charge in [0.2, 0.25) is 12.0 Å². The fourth-order valence-electron chi connectivity index (χ4n) is 2.58. The Morgan fingerprint density at radius 2 is 1.62 bits per heavy atom. The molecule has 1 fully saturated rings. The summed E-state index contributed by atoms with van der Waals surface area (Å²) in [5.74, 6) is 0.637. The molecule has 5 N–H and O–H groups in total. The van der Waals surface area contributed by atoms with Crippen LogP contribution >= 0.6 is 0 Å². The molecule has 5 atom stereocenters. The first-order valence-electron chi connectivity index (χ1n) is 7.97. The molecule has 0 amide bonds. The third-order valence-electron chi connectivity index (χ3n) is 3.98. The zero-order valence-electron chi connectivity index (χ0n) is 14.5. The van der Waals surface area contributed by atoms with E-state index < -0.39 is 37.3 Å². The lowest BCUT2D eigenvalue weighted by Gasteiger charge is -2.39. The highest BCUT2D eigenvalue weighted by atomic mass is 16.7. The summed E-state index contributed by atoms with van der Waals surface area (Å²) in [7, 11) is 2.82. The van der Waals surface area contributed by atoms with Gasteiger partial charge in [-0.25, -0.2) is 0 Å². The number of rotatable bonds is 7. The molecule has 26 heavy (non-hydrogen) atoms. The van der Waals surface area contributed by atoms with Crippen LogP contribution in [-0.4, -0.2) is 83.7 Å². The summed E-state index contributed by atoms with van der Waals surface area (Å²) in [5, 5.41) is 48.0. The molecule has 1 aliphatic heterocycles. The van der Waals surface area contributed by atoms with E-state index in [4.69, 9.17) is 24.1 Å². The Labute approximate surface area is 150 Å². The van der Waals surface area contributed by atoms with Gasteiger partial charge in [-0.2, -0.15) is 0 Å². The van der Waals surface area contributed by atoms with Crippen molar-refractivity contribution in [1.82, 2.24) is 0 Å². The molecule has 0 spiro atoms. The maximum atomic E-state index is 10.1. The summed E-state index contributed by atoms with van der Waals surface area (Å²) in [6, 6.07) is 3.24. The molecule has 2 rings (SSSR count). The smallest absolute Gasteiger partial charge is 0.229 e. The Morgan fingerprint density at radius 3 is 2.12 bits per heavy atom. The second-order valence-corrected chi connectivity index (χ2v) is 5.65. The standard InChI is InChI=1S/C17H24O9/c1-23-10-6-9(4-3-5-18)7-11(24-2)16(10)26-17-15(22)14(21)13(20)12(8-19)25-17/h3-4,6-7,12-15,17-22H,5,8H2,1-2H3/b4-3-/t12-,13+,14+,15+,17-/m0/s1. The minimum atomic E-state index is -1.56. The quantitative estimate of drug-likeness (QED) is 0.403. The molecule has 1 aromatic carbocycles. The number of aliphatic hydroxyl groups excluding tert-OH is 5. The first-order chi connectivity index (χ1) is 12.5. The van der Waals surface area contributed by atoms with E-state index in [0.29, 0.717) is 5.56 Å². The van der Waals surface area contributed by atoms with Crippen molar-refractivity contribution < 1.29 is 44.5 Å². The van der Waals surface area contributed by atoms with Gasteiger partial charge in [-0.05, 0) is 17.7 Å². The first-order valence-corrected chi connectivity index (χ1v) is 7.97. The van der Waals surface area contributed by atoms with Crippen LogP contribution in [0.15, 0.2) is 18.2 Å². The molecule has 0 aliphatic carbocycles. The van der Waals surface area contributed by atoms with Crippen molar-refractivity contribution in [3.63, 3.8) is 0 Å². The molecule has 1 aliphatic rings. The van der Waals surface area contributed by atoms with E-state index in [9.17, 15) is 20.4 Å². The van der Waals surface area contributed by atoms with E-state index in [1.807, 2.05) is 0 Å². The fraction of sp³-hybridized carbons (Fsp3) is 0.529. The van der Waals surface area contributed by atoms with Crippen molar-refractivity contribution in [3.05, 3.63) is 23.8 Å². The summed E-state index contributed by atoms with van der Waals surface area (Å²) in [6.07, 6.45) is -3.88. The van der Waals surface area contributed by atoms with E-state index in [0.717, 1.165) is 0 Å². The Kier molecular flexibility index (Phi) is 7.21. The molecule has 9 nitrogen and oxygen atoms in total. The van der Waals surface area contributed by atoms with Gasteiger partial charge in [0, 0.05) is 0 Å². The van der Waals surface area contributed by atoms with Gasteiger partial charge in [0.05, 0.1) is 27.4 Å². The maximum absolute atomic E-state index is 10.1. The maximum Gasteiger partial charge on any atom is 0.229 e. The third-order valence-corrected chi connectivity index (χ3v) is 3.98. The molecule has 0 radical (unpaired) electrons. The van der Waals surface area contributed by atoms with Crippen LogP contribution in [0.5, 0.6) is 17.2 Å². The van der Waals surface area contributed by atoms with Crippen molar-refractivity contribution in [3.8, 4) is 17.2 Å². The number of ether oxygens (including phenoxy) is 4. The van der Waals surface area contributed by atoms with Crippen LogP contribution in [0.2, 0.25) is 0 Å². The van der Waals surface area contributed by atoms with E-state index in [1.165, 1.54) is 20.3 Å². The van der Waals surface area contributed by atoms with Crippen LogP contribution in [0.25, 0.3) is 6.08 Å². The summed E-state index contributed by atoms with van der Waals surface area (Å²) in [6.45, 7) is -0.697. The summed E-state index contributed by atoms with van der Waals surface area (Å²) in [5.41, 5.74) is 0.675. The second kappa shape index (κ2) is 9.17. The minimum Gasteiger partial charge on any atom is -0.493 e. The monoisotopic (exact) mass is 372 g/mol. The van der Waals surface area contributed by atoms with Gasteiger partial charge in [0.1, 0.15) is 24.4 Å². The minimum absolute atomic E-state index is 0.112. The fourth-order valence-corrected chi connectivity index (χ4v) is 2.58. The predicted molar refractivity (Wildman–Crippen MR) is 90.1 cm³/mol. The topological polar surface area (TPSA) is 138 Å². The highest BCUT2D eigenvalue weighted by Crippen LogP contribution is 2.40. The van der Waals surface area contributed by atoms with E-state index >= 15 is 0 Å². The summed E-state index contributed by atoms with van der Waals surface area (Å²) >= 11 is 0. The van der Waals surface area contributed by atoms with Crippen molar-refractivity contribution in [1.29, 1.82) is 0 Å². The summed E-state index contributed by atoms with van der Waals surface area (Å²) < 4.78 is 21.6. The first kappa shape index (κ1) is 20.4. The zero-order valence-corrected chi connectivity index (χ0v) is 14.5. The molecule has 1 aromatic rings. The van der Waals surface area contributed by atoms with Crippen molar-refractivity contribution in [2.45, 2.75) is 30.7 Å². The van der Waals surface area contributed by atoms with Gasteiger partial charge in [-0.3, -0.25) is 0 Å². The molecule has 1 saturated heterocycles. The number of benzene rings is 1. The number of hydrogen-bond acceptors (Lipinski definition) is 9. The largest absolute Gasteiger partial charge is 0.493 e. The van der Waals surface area contributed by atoms with Gasteiger partial charge in [0.15, 0.2) is 11.5 Å². The molecule has 0 saturated carbocycles. The number of hydrogen-bond donors (Lipinski definition) is 5. The molecular weight excluding hydrogens is 348 g/mol. The van der Waals surface area contributed by atoms with Gasteiger partial charge < -0.3 is 44.5 Å². The highest BCUT2D eigenvalue weighted by Gasteiger charge is 2.45. The Bertz CT molecular complexity index is 591. The Balaban J connectivity index is 2.33. The van der Waals surface area contributed by atoms with Crippen molar-refractivity contribution in [2.24, 2.45) is 0 Å². The van der Waals surface area contributed by atoms with Crippen molar-refractivity contribution >= 4 is 6.08 Å². The van der Waals surface area contributed by atoms with E-state index in [-0.39, 0.29) is 23.9 Å². The Morgan fingerprint density at radius 1 is 1.00 bits per heavy atom. The molecule has 0 bridgehead atoms.